The first kappa shape index (κ1) is 24.2. The summed E-state index contributed by atoms with van der Waals surface area (Å²) >= 11 is 0. The van der Waals surface area contributed by atoms with Gasteiger partial charge in [0.05, 0.1) is 11.1 Å². The third-order valence-corrected chi connectivity index (χ3v) is 8.08. The summed E-state index contributed by atoms with van der Waals surface area (Å²) in [7, 11) is 0. The van der Waals surface area contributed by atoms with E-state index in [1.165, 1.54) is 33.0 Å². The predicted octanol–water partition coefficient (Wildman–Crippen LogP) is 11.5. The molecule has 0 fully saturated rings. The van der Waals surface area contributed by atoms with Crippen LogP contribution in [-0.4, -0.2) is 0 Å². The molecule has 0 saturated carbocycles. The van der Waals surface area contributed by atoms with E-state index < -0.39 is 0 Å². The molecule has 1 aromatic heterocycles. The van der Waals surface area contributed by atoms with Crippen LogP contribution in [0.3, 0.4) is 0 Å². The molecule has 1 N–H and O–H groups in total. The van der Waals surface area contributed by atoms with Crippen molar-refractivity contribution in [3.05, 3.63) is 158 Å². The minimum Gasteiger partial charge on any atom is -0.455 e. The summed E-state index contributed by atoms with van der Waals surface area (Å²) in [6, 6.07) is 55.6. The van der Waals surface area contributed by atoms with E-state index in [0.717, 1.165) is 44.4 Å². The third-order valence-electron chi connectivity index (χ3n) is 8.08. The molecule has 0 aliphatic heterocycles. The quantitative estimate of drug-likeness (QED) is 0.236. The summed E-state index contributed by atoms with van der Waals surface area (Å²) in [5.74, 6) is 0. The molecule has 0 spiro atoms. The summed E-state index contributed by atoms with van der Waals surface area (Å²) < 4.78 is 6.44. The average molecular weight is 538 g/mol. The lowest BCUT2D eigenvalue weighted by Gasteiger charge is -2.13. The minimum absolute atomic E-state index is 0.889. The number of fused-ring (bicyclic) bond motifs is 4. The lowest BCUT2D eigenvalue weighted by atomic mass is 9.95. The van der Waals surface area contributed by atoms with Crippen LogP contribution in [-0.2, 0) is 0 Å². The van der Waals surface area contributed by atoms with E-state index in [9.17, 15) is 0 Å². The molecule has 2 heteroatoms. The molecule has 0 radical (unpaired) electrons. The number of nitrogens with one attached hydrogen (secondary N) is 1. The molecule has 198 valence electrons. The molecular weight excluding hydrogens is 510 g/mol. The maximum atomic E-state index is 6.44. The van der Waals surface area contributed by atoms with Crippen LogP contribution in [0, 0.1) is 0 Å². The van der Waals surface area contributed by atoms with Gasteiger partial charge in [-0.25, -0.2) is 0 Å². The average Bonchev–Trinajstić information content (AvgIpc) is 3.46. The highest BCUT2D eigenvalue weighted by molar-refractivity contribution is 6.16. The van der Waals surface area contributed by atoms with Crippen molar-refractivity contribution in [1.82, 2.24) is 0 Å². The lowest BCUT2D eigenvalue weighted by Crippen LogP contribution is -1.92. The minimum atomic E-state index is 0.889. The number of anilines is 2. The van der Waals surface area contributed by atoms with Crippen molar-refractivity contribution in [2.45, 2.75) is 0 Å². The van der Waals surface area contributed by atoms with Crippen molar-refractivity contribution in [3.63, 3.8) is 0 Å². The van der Waals surface area contributed by atoms with Crippen LogP contribution in [0.25, 0.3) is 66.1 Å². The molecule has 42 heavy (non-hydrogen) atoms. The first-order chi connectivity index (χ1) is 20.8. The zero-order valence-electron chi connectivity index (χ0n) is 22.9. The fourth-order valence-corrected chi connectivity index (χ4v) is 6.00. The van der Waals surface area contributed by atoms with Gasteiger partial charge in [-0.15, -0.1) is 0 Å². The Morgan fingerprint density at radius 1 is 0.429 bits per heavy atom. The highest BCUT2D eigenvalue weighted by atomic mass is 16.3. The fourth-order valence-electron chi connectivity index (χ4n) is 6.00. The molecule has 8 rings (SSSR count). The second kappa shape index (κ2) is 10.1. The Hall–Kier alpha value is -5.60. The standard InChI is InChI=1S/C40H27NO/c1-3-10-27(11-4-1)31-19-18-29-14-9-16-33(36(29)26-31)30-20-22-32(23-21-30)41-37-25-24-34(28-12-5-2-6-13-28)40-39(37)35-15-7-8-17-38(35)42-40/h1-26,41H. The molecule has 0 amide bonds. The van der Waals surface area contributed by atoms with Gasteiger partial charge < -0.3 is 9.73 Å². The van der Waals surface area contributed by atoms with Crippen LogP contribution in [0.2, 0.25) is 0 Å². The molecule has 0 atom stereocenters. The van der Waals surface area contributed by atoms with Gasteiger partial charge in [-0.05, 0) is 75.0 Å². The predicted molar refractivity (Wildman–Crippen MR) is 177 cm³/mol. The van der Waals surface area contributed by atoms with Crippen molar-refractivity contribution >= 4 is 44.1 Å². The third kappa shape index (κ3) is 4.22. The Morgan fingerprint density at radius 2 is 1.12 bits per heavy atom. The van der Waals surface area contributed by atoms with Crippen molar-refractivity contribution in [3.8, 4) is 33.4 Å². The topological polar surface area (TPSA) is 25.2 Å². The molecule has 0 unspecified atom stereocenters. The summed E-state index contributed by atoms with van der Waals surface area (Å²) in [6.07, 6.45) is 0. The summed E-state index contributed by atoms with van der Waals surface area (Å²) in [5, 5.41) is 8.38. The van der Waals surface area contributed by atoms with Crippen LogP contribution in [0.5, 0.6) is 0 Å². The second-order valence-electron chi connectivity index (χ2n) is 10.6. The maximum absolute atomic E-state index is 6.44. The van der Waals surface area contributed by atoms with Crippen molar-refractivity contribution in [2.24, 2.45) is 0 Å². The van der Waals surface area contributed by atoms with Gasteiger partial charge in [-0.2, -0.15) is 0 Å². The summed E-state index contributed by atoms with van der Waals surface area (Å²) in [6.45, 7) is 0. The highest BCUT2D eigenvalue weighted by Crippen LogP contribution is 2.41. The lowest BCUT2D eigenvalue weighted by molar-refractivity contribution is 0.670. The molecular formula is C40H27NO. The highest BCUT2D eigenvalue weighted by Gasteiger charge is 2.16. The van der Waals surface area contributed by atoms with E-state index in [4.69, 9.17) is 4.42 Å². The maximum Gasteiger partial charge on any atom is 0.145 e. The summed E-state index contributed by atoms with van der Waals surface area (Å²) in [4.78, 5) is 0. The molecule has 7 aromatic carbocycles. The number of furan rings is 1. The van der Waals surface area contributed by atoms with Gasteiger partial charge >= 0.3 is 0 Å². The van der Waals surface area contributed by atoms with Gasteiger partial charge in [0.15, 0.2) is 0 Å². The van der Waals surface area contributed by atoms with Crippen molar-refractivity contribution in [1.29, 1.82) is 0 Å². The molecule has 0 bridgehead atoms. The van der Waals surface area contributed by atoms with Gasteiger partial charge in [0.1, 0.15) is 11.2 Å². The second-order valence-corrected chi connectivity index (χ2v) is 10.6. The van der Waals surface area contributed by atoms with Gasteiger partial charge in [0.2, 0.25) is 0 Å². The first-order valence-electron chi connectivity index (χ1n) is 14.3. The Bertz CT molecular complexity index is 2190. The molecule has 1 heterocycles. The molecule has 0 saturated heterocycles. The van der Waals surface area contributed by atoms with Gasteiger partial charge in [0, 0.05) is 16.6 Å². The molecule has 2 nitrogen and oxygen atoms in total. The smallest absolute Gasteiger partial charge is 0.145 e. The van der Waals surface area contributed by atoms with Gasteiger partial charge in [-0.3, -0.25) is 0 Å². The number of benzene rings is 7. The Morgan fingerprint density at radius 3 is 1.93 bits per heavy atom. The van der Waals surface area contributed by atoms with Crippen molar-refractivity contribution < 1.29 is 4.42 Å². The largest absolute Gasteiger partial charge is 0.455 e. The number of hydrogen-bond acceptors (Lipinski definition) is 2. The van der Waals surface area contributed by atoms with E-state index in [1.807, 2.05) is 18.2 Å². The summed E-state index contributed by atoms with van der Waals surface area (Å²) in [5.41, 5.74) is 10.9. The van der Waals surface area contributed by atoms with Gasteiger partial charge in [0.25, 0.3) is 0 Å². The van der Waals surface area contributed by atoms with Gasteiger partial charge in [-0.1, -0.05) is 121 Å². The number of para-hydroxylation sites is 1. The first-order valence-corrected chi connectivity index (χ1v) is 14.3. The van der Waals surface area contributed by atoms with Crippen LogP contribution in [0.4, 0.5) is 11.4 Å². The molecule has 0 aliphatic carbocycles. The Labute approximate surface area is 244 Å². The van der Waals surface area contributed by atoms with E-state index in [1.54, 1.807) is 0 Å². The number of rotatable bonds is 5. The zero-order chi connectivity index (χ0) is 27.9. The molecule has 0 aliphatic rings. The monoisotopic (exact) mass is 537 g/mol. The normalized spacial score (nSPS) is 11.3. The van der Waals surface area contributed by atoms with Crippen LogP contribution >= 0.6 is 0 Å². The van der Waals surface area contributed by atoms with Crippen LogP contribution < -0.4 is 5.32 Å². The SMILES string of the molecule is c1ccc(-c2ccc3cccc(-c4ccc(Nc5ccc(-c6ccccc6)c6oc7ccccc7c56)cc4)c3c2)cc1. The molecule has 8 aromatic rings. The Kier molecular flexibility index (Phi) is 5.82. The van der Waals surface area contributed by atoms with E-state index in [2.05, 4.69) is 145 Å². The van der Waals surface area contributed by atoms with Crippen molar-refractivity contribution in [2.75, 3.05) is 5.32 Å². The Balaban J connectivity index is 1.18. The van der Waals surface area contributed by atoms with E-state index in [0.29, 0.717) is 0 Å². The fraction of sp³-hybridized carbons (Fsp3) is 0. The zero-order valence-corrected chi connectivity index (χ0v) is 22.9. The van der Waals surface area contributed by atoms with E-state index in [-0.39, 0.29) is 0 Å². The van der Waals surface area contributed by atoms with E-state index >= 15 is 0 Å². The van der Waals surface area contributed by atoms with Crippen LogP contribution in [0.15, 0.2) is 162 Å². The number of hydrogen-bond donors (Lipinski definition) is 1. The van der Waals surface area contributed by atoms with Crippen LogP contribution in [0.1, 0.15) is 0 Å².